The van der Waals surface area contributed by atoms with Crippen molar-refractivity contribution in [1.29, 1.82) is 0 Å². The molecule has 0 saturated heterocycles. The molecule has 0 bridgehead atoms. The molecule has 0 amide bonds. The van der Waals surface area contributed by atoms with Crippen LogP contribution in [0.4, 0.5) is 0 Å². The molecule has 18 heavy (non-hydrogen) atoms. The Balaban J connectivity index is 1.60. The molecular formula is C16H23NO. The molecule has 2 heteroatoms. The van der Waals surface area contributed by atoms with E-state index in [0.717, 1.165) is 30.2 Å². The molecule has 0 atom stereocenters. The van der Waals surface area contributed by atoms with E-state index >= 15 is 0 Å². The van der Waals surface area contributed by atoms with Crippen LogP contribution in [0.2, 0.25) is 0 Å². The maximum Gasteiger partial charge on any atom is 0.121 e. The van der Waals surface area contributed by atoms with E-state index in [-0.39, 0.29) is 0 Å². The van der Waals surface area contributed by atoms with E-state index in [9.17, 15) is 0 Å². The summed E-state index contributed by atoms with van der Waals surface area (Å²) in [6, 6.07) is 7.28. The Kier molecular flexibility index (Phi) is 3.29. The molecule has 98 valence electrons. The zero-order chi connectivity index (χ0) is 12.5. The summed E-state index contributed by atoms with van der Waals surface area (Å²) < 4.78 is 5.30. The fourth-order valence-electron chi connectivity index (χ4n) is 2.92. The number of nitrogens with one attached hydrogen (secondary N) is 1. The van der Waals surface area contributed by atoms with Gasteiger partial charge in [0.1, 0.15) is 5.75 Å². The minimum absolute atomic E-state index is 0.785. The van der Waals surface area contributed by atoms with Crippen LogP contribution in [0, 0.1) is 18.8 Å². The van der Waals surface area contributed by atoms with Gasteiger partial charge in [0.05, 0.1) is 7.11 Å². The predicted octanol–water partition coefficient (Wildman–Crippen LogP) is 3.28. The van der Waals surface area contributed by atoms with Crippen LogP contribution in [0.3, 0.4) is 0 Å². The fourth-order valence-corrected chi connectivity index (χ4v) is 2.92. The van der Waals surface area contributed by atoms with Gasteiger partial charge in [0.25, 0.3) is 0 Å². The van der Waals surface area contributed by atoms with Gasteiger partial charge in [0.2, 0.25) is 0 Å². The third-order valence-electron chi connectivity index (χ3n) is 4.26. The van der Waals surface area contributed by atoms with Crippen LogP contribution >= 0.6 is 0 Å². The van der Waals surface area contributed by atoms with Crippen LogP contribution < -0.4 is 10.1 Å². The minimum atomic E-state index is 0.785. The van der Waals surface area contributed by atoms with E-state index in [2.05, 4.69) is 30.4 Å². The Morgan fingerprint density at radius 2 is 1.89 bits per heavy atom. The molecule has 0 heterocycles. The first kappa shape index (κ1) is 12.0. The molecule has 1 N–H and O–H groups in total. The molecule has 1 aromatic carbocycles. The van der Waals surface area contributed by atoms with Gasteiger partial charge in [0.15, 0.2) is 0 Å². The number of hydrogen-bond donors (Lipinski definition) is 1. The lowest BCUT2D eigenvalue weighted by Gasteiger charge is -2.18. The second-order valence-corrected chi connectivity index (χ2v) is 5.89. The molecule has 2 aliphatic carbocycles. The van der Waals surface area contributed by atoms with E-state index in [4.69, 9.17) is 4.74 Å². The summed E-state index contributed by atoms with van der Waals surface area (Å²) in [6.45, 7) is 3.12. The van der Waals surface area contributed by atoms with Gasteiger partial charge < -0.3 is 10.1 Å². The van der Waals surface area contributed by atoms with Gasteiger partial charge in [-0.3, -0.25) is 0 Å². The molecule has 2 nitrogen and oxygen atoms in total. The zero-order valence-electron chi connectivity index (χ0n) is 11.4. The standard InChI is InChI=1S/C16H23NO/c1-11-9-12(3-8-15(11)18-2)10-17-16(13-4-5-13)14-6-7-14/h3,8-9,13-14,16-17H,4-7,10H2,1-2H3. The quantitative estimate of drug-likeness (QED) is 0.830. The predicted molar refractivity (Wildman–Crippen MR) is 73.8 cm³/mol. The number of rotatable bonds is 6. The summed E-state index contributed by atoms with van der Waals surface area (Å²) in [4.78, 5) is 0. The fraction of sp³-hybridized carbons (Fsp3) is 0.625. The number of hydrogen-bond acceptors (Lipinski definition) is 2. The van der Waals surface area contributed by atoms with Crippen LogP contribution in [0.5, 0.6) is 5.75 Å². The van der Waals surface area contributed by atoms with E-state index in [1.807, 2.05) is 0 Å². The molecule has 1 aromatic rings. The first-order valence-electron chi connectivity index (χ1n) is 7.15. The van der Waals surface area contributed by atoms with Crippen molar-refractivity contribution in [3.8, 4) is 5.75 Å². The van der Waals surface area contributed by atoms with Gasteiger partial charge in [-0.15, -0.1) is 0 Å². The average Bonchev–Trinajstić information content (AvgIpc) is 3.24. The zero-order valence-corrected chi connectivity index (χ0v) is 11.4. The van der Waals surface area contributed by atoms with Crippen LogP contribution in [0.15, 0.2) is 18.2 Å². The Hall–Kier alpha value is -1.02. The van der Waals surface area contributed by atoms with E-state index in [1.165, 1.54) is 36.8 Å². The molecule has 0 aliphatic heterocycles. The largest absolute Gasteiger partial charge is 0.496 e. The van der Waals surface area contributed by atoms with Gasteiger partial charge in [0, 0.05) is 12.6 Å². The Labute approximate surface area is 110 Å². The lowest BCUT2D eigenvalue weighted by Crippen LogP contribution is -2.32. The molecule has 2 saturated carbocycles. The highest BCUT2D eigenvalue weighted by atomic mass is 16.5. The Morgan fingerprint density at radius 3 is 2.39 bits per heavy atom. The number of benzene rings is 1. The summed E-state index contributed by atoms with van der Waals surface area (Å²) in [5, 5.41) is 3.78. The molecule has 0 radical (unpaired) electrons. The smallest absolute Gasteiger partial charge is 0.121 e. The normalized spacial score (nSPS) is 19.3. The molecule has 2 aliphatic rings. The lowest BCUT2D eigenvalue weighted by molar-refractivity contribution is 0.408. The van der Waals surface area contributed by atoms with E-state index in [0.29, 0.717) is 0 Å². The van der Waals surface area contributed by atoms with Crippen molar-refractivity contribution in [2.45, 2.75) is 45.2 Å². The van der Waals surface area contributed by atoms with Crippen molar-refractivity contribution in [2.75, 3.05) is 7.11 Å². The van der Waals surface area contributed by atoms with Crippen LogP contribution in [0.25, 0.3) is 0 Å². The van der Waals surface area contributed by atoms with Crippen molar-refractivity contribution >= 4 is 0 Å². The van der Waals surface area contributed by atoms with Crippen molar-refractivity contribution in [3.05, 3.63) is 29.3 Å². The number of methoxy groups -OCH3 is 1. The molecule has 0 spiro atoms. The van der Waals surface area contributed by atoms with Crippen molar-refractivity contribution < 1.29 is 4.74 Å². The van der Waals surface area contributed by atoms with Gasteiger partial charge in [-0.2, -0.15) is 0 Å². The Morgan fingerprint density at radius 1 is 1.22 bits per heavy atom. The minimum Gasteiger partial charge on any atom is -0.496 e. The maximum absolute atomic E-state index is 5.30. The number of aryl methyl sites for hydroxylation is 1. The van der Waals surface area contributed by atoms with Gasteiger partial charge >= 0.3 is 0 Å². The summed E-state index contributed by atoms with van der Waals surface area (Å²) in [5.41, 5.74) is 2.60. The van der Waals surface area contributed by atoms with E-state index in [1.54, 1.807) is 7.11 Å². The highest BCUT2D eigenvalue weighted by Gasteiger charge is 2.40. The van der Waals surface area contributed by atoms with Crippen LogP contribution in [-0.4, -0.2) is 13.2 Å². The highest BCUT2D eigenvalue weighted by Crippen LogP contribution is 2.44. The second kappa shape index (κ2) is 4.93. The van der Waals surface area contributed by atoms with Crippen molar-refractivity contribution in [3.63, 3.8) is 0 Å². The van der Waals surface area contributed by atoms with Crippen LogP contribution in [-0.2, 0) is 6.54 Å². The highest BCUT2D eigenvalue weighted by molar-refractivity contribution is 5.36. The molecular weight excluding hydrogens is 222 g/mol. The van der Waals surface area contributed by atoms with E-state index < -0.39 is 0 Å². The third kappa shape index (κ3) is 2.69. The molecule has 0 aromatic heterocycles. The van der Waals surface area contributed by atoms with Gasteiger partial charge in [-0.25, -0.2) is 0 Å². The second-order valence-electron chi connectivity index (χ2n) is 5.89. The Bertz CT molecular complexity index is 409. The summed E-state index contributed by atoms with van der Waals surface area (Å²) in [5.74, 6) is 2.92. The first-order valence-corrected chi connectivity index (χ1v) is 7.15. The first-order chi connectivity index (χ1) is 8.78. The average molecular weight is 245 g/mol. The summed E-state index contributed by atoms with van der Waals surface area (Å²) >= 11 is 0. The SMILES string of the molecule is COc1ccc(CNC(C2CC2)C2CC2)cc1C. The van der Waals surface area contributed by atoms with Crippen LogP contribution in [0.1, 0.15) is 36.8 Å². The van der Waals surface area contributed by atoms with Crippen molar-refractivity contribution in [2.24, 2.45) is 11.8 Å². The molecule has 3 rings (SSSR count). The number of ether oxygens (including phenoxy) is 1. The third-order valence-corrected chi connectivity index (χ3v) is 4.26. The van der Waals surface area contributed by atoms with Gasteiger partial charge in [-0.05, 0) is 61.6 Å². The summed E-state index contributed by atoms with van der Waals surface area (Å²) in [7, 11) is 1.73. The van der Waals surface area contributed by atoms with Crippen molar-refractivity contribution in [1.82, 2.24) is 5.32 Å². The lowest BCUT2D eigenvalue weighted by atomic mass is 10.1. The monoisotopic (exact) mass is 245 g/mol. The summed E-state index contributed by atoms with van der Waals surface area (Å²) in [6.07, 6.45) is 5.76. The molecule has 0 unspecified atom stereocenters. The molecule has 2 fully saturated rings. The van der Waals surface area contributed by atoms with Gasteiger partial charge in [-0.1, -0.05) is 12.1 Å². The topological polar surface area (TPSA) is 21.3 Å². The maximum atomic E-state index is 5.30.